The lowest BCUT2D eigenvalue weighted by molar-refractivity contribution is -0.147. The molecule has 0 amide bonds. The van der Waals surface area contributed by atoms with Crippen LogP contribution < -0.4 is 0 Å². The van der Waals surface area contributed by atoms with Gasteiger partial charge in [-0.15, -0.1) is 0 Å². The molecule has 0 aliphatic carbocycles. The van der Waals surface area contributed by atoms with Crippen LogP contribution in [0, 0.1) is 0 Å². The molecule has 0 bridgehead atoms. The zero-order valence-electron chi connectivity index (χ0n) is 6.91. The second kappa shape index (κ2) is 5.77. The van der Waals surface area contributed by atoms with Crippen molar-refractivity contribution in [2.45, 2.75) is 32.8 Å². The number of hydrogen-bond donors (Lipinski definition) is 1. The van der Waals surface area contributed by atoms with Crippen molar-refractivity contribution in [3.05, 3.63) is 12.3 Å². The van der Waals surface area contributed by atoms with Crippen LogP contribution in [0.1, 0.15) is 26.7 Å². The minimum atomic E-state index is -0.876. The molecule has 1 N–H and O–H groups in total. The lowest BCUT2D eigenvalue weighted by Gasteiger charge is -2.13. The molecule has 0 fully saturated rings. The maximum atomic E-state index is 10.2. The zero-order valence-corrected chi connectivity index (χ0v) is 6.91. The number of carbonyl (C=O) groups is 1. The molecule has 1 unspecified atom stereocenters. The molecule has 3 nitrogen and oxygen atoms in total. The van der Waals surface area contributed by atoms with Gasteiger partial charge in [-0.05, 0) is 18.9 Å². The molecular formula is C8H14O3. The van der Waals surface area contributed by atoms with Crippen LogP contribution in [0.25, 0.3) is 0 Å². The maximum Gasteiger partial charge on any atom is 0.344 e. The van der Waals surface area contributed by atoms with Gasteiger partial charge >= 0.3 is 5.97 Å². The predicted molar refractivity (Wildman–Crippen MR) is 42.2 cm³/mol. The van der Waals surface area contributed by atoms with Crippen molar-refractivity contribution < 1.29 is 14.6 Å². The quantitative estimate of drug-likeness (QED) is 0.632. The Morgan fingerprint density at radius 2 is 2.27 bits per heavy atom. The van der Waals surface area contributed by atoms with Crippen molar-refractivity contribution in [2.24, 2.45) is 0 Å². The van der Waals surface area contributed by atoms with Gasteiger partial charge in [0.05, 0.1) is 6.26 Å². The molecule has 0 spiro atoms. The molecule has 0 saturated carbocycles. The van der Waals surface area contributed by atoms with Gasteiger partial charge in [-0.25, -0.2) is 4.79 Å². The van der Waals surface area contributed by atoms with Crippen LogP contribution in [-0.2, 0) is 9.53 Å². The molecular weight excluding hydrogens is 144 g/mol. The molecule has 64 valence electrons. The first-order chi connectivity index (χ1) is 5.30. The largest absolute Gasteiger partial charge is 0.487 e. The highest BCUT2D eigenvalue weighted by Gasteiger charge is 2.18. The predicted octanol–water partition coefficient (Wildman–Crippen LogP) is 1.79. The van der Waals surface area contributed by atoms with Gasteiger partial charge in [0, 0.05) is 0 Å². The van der Waals surface area contributed by atoms with Gasteiger partial charge in [-0.2, -0.15) is 0 Å². The van der Waals surface area contributed by atoms with Gasteiger partial charge in [-0.3, -0.25) is 0 Å². The smallest absolute Gasteiger partial charge is 0.344 e. The van der Waals surface area contributed by atoms with Crippen molar-refractivity contribution >= 4 is 5.97 Å². The summed E-state index contributed by atoms with van der Waals surface area (Å²) in [4.78, 5) is 10.2. The average molecular weight is 158 g/mol. The molecule has 0 radical (unpaired) electrons. The normalized spacial score (nSPS) is 21.1. The molecule has 0 aromatic carbocycles. The van der Waals surface area contributed by atoms with E-state index in [9.17, 15) is 4.79 Å². The summed E-state index contributed by atoms with van der Waals surface area (Å²) in [6.45, 7) is 4.00. The monoisotopic (exact) mass is 158 g/mol. The Morgan fingerprint density at radius 3 is 2.55 bits per heavy atom. The van der Waals surface area contributed by atoms with E-state index in [1.54, 1.807) is 0 Å². The SMILES string of the molecule is CC.O=C(O)C1CCC=CO1. The number of ether oxygens (including phenoxy) is 1. The first-order valence-corrected chi connectivity index (χ1v) is 3.84. The molecule has 1 aliphatic heterocycles. The van der Waals surface area contributed by atoms with E-state index in [1.807, 2.05) is 19.9 Å². The molecule has 0 aromatic heterocycles. The van der Waals surface area contributed by atoms with Crippen LogP contribution in [0.15, 0.2) is 12.3 Å². The third kappa shape index (κ3) is 3.65. The van der Waals surface area contributed by atoms with E-state index in [-0.39, 0.29) is 0 Å². The second-order valence-electron chi connectivity index (χ2n) is 1.91. The Balaban J connectivity index is 0.000000461. The van der Waals surface area contributed by atoms with E-state index in [0.29, 0.717) is 6.42 Å². The van der Waals surface area contributed by atoms with E-state index in [4.69, 9.17) is 9.84 Å². The van der Waals surface area contributed by atoms with E-state index < -0.39 is 12.1 Å². The molecule has 1 atom stereocenters. The van der Waals surface area contributed by atoms with Gasteiger partial charge in [0.25, 0.3) is 0 Å². The highest BCUT2D eigenvalue weighted by atomic mass is 16.5. The summed E-state index contributed by atoms with van der Waals surface area (Å²) in [6.07, 6.45) is 4.04. The number of carboxylic acid groups (broad SMARTS) is 1. The van der Waals surface area contributed by atoms with E-state index in [1.165, 1.54) is 6.26 Å². The Labute approximate surface area is 66.7 Å². The Bertz CT molecular complexity index is 140. The van der Waals surface area contributed by atoms with Crippen LogP contribution in [0.5, 0.6) is 0 Å². The fourth-order valence-electron chi connectivity index (χ4n) is 0.716. The number of carboxylic acids is 1. The van der Waals surface area contributed by atoms with Crippen molar-refractivity contribution in [3.8, 4) is 0 Å². The Hall–Kier alpha value is -0.990. The summed E-state index contributed by atoms with van der Waals surface area (Å²) in [5.41, 5.74) is 0. The summed E-state index contributed by atoms with van der Waals surface area (Å²) in [5, 5.41) is 8.38. The first kappa shape index (κ1) is 10.0. The Kier molecular flexibility index (Phi) is 5.25. The van der Waals surface area contributed by atoms with Crippen molar-refractivity contribution in [1.29, 1.82) is 0 Å². The summed E-state index contributed by atoms with van der Waals surface area (Å²) in [7, 11) is 0. The highest BCUT2D eigenvalue weighted by Crippen LogP contribution is 2.09. The maximum absolute atomic E-state index is 10.2. The fraction of sp³-hybridized carbons (Fsp3) is 0.625. The van der Waals surface area contributed by atoms with Crippen molar-refractivity contribution in [3.63, 3.8) is 0 Å². The lowest BCUT2D eigenvalue weighted by atomic mass is 10.2. The van der Waals surface area contributed by atoms with E-state index in [2.05, 4.69) is 0 Å². The Morgan fingerprint density at radius 1 is 1.64 bits per heavy atom. The van der Waals surface area contributed by atoms with Gasteiger partial charge in [0.15, 0.2) is 6.10 Å². The highest BCUT2D eigenvalue weighted by molar-refractivity contribution is 5.72. The molecule has 1 heterocycles. The standard InChI is InChI=1S/C6H8O3.C2H6/c7-6(8)5-3-1-2-4-9-5;1-2/h2,4-5H,1,3H2,(H,7,8);1-2H3. The van der Waals surface area contributed by atoms with Crippen LogP contribution in [-0.4, -0.2) is 17.2 Å². The molecule has 11 heavy (non-hydrogen) atoms. The van der Waals surface area contributed by atoms with Gasteiger partial charge in [0.2, 0.25) is 0 Å². The average Bonchev–Trinajstić information content (AvgIpc) is 2.10. The van der Waals surface area contributed by atoms with E-state index >= 15 is 0 Å². The second-order valence-corrected chi connectivity index (χ2v) is 1.91. The number of aliphatic carboxylic acids is 1. The van der Waals surface area contributed by atoms with Crippen molar-refractivity contribution in [1.82, 2.24) is 0 Å². The van der Waals surface area contributed by atoms with Crippen LogP contribution >= 0.6 is 0 Å². The molecule has 1 aliphatic rings. The first-order valence-electron chi connectivity index (χ1n) is 3.84. The number of allylic oxidation sites excluding steroid dienone is 1. The number of hydrogen-bond acceptors (Lipinski definition) is 2. The summed E-state index contributed by atoms with van der Waals surface area (Å²) in [6, 6.07) is 0. The summed E-state index contributed by atoms with van der Waals surface area (Å²) >= 11 is 0. The minimum Gasteiger partial charge on any atom is -0.487 e. The van der Waals surface area contributed by atoms with Gasteiger partial charge in [-0.1, -0.05) is 13.8 Å². The zero-order chi connectivity index (χ0) is 8.69. The molecule has 0 aromatic rings. The summed E-state index contributed by atoms with van der Waals surface area (Å²) in [5.74, 6) is -0.876. The van der Waals surface area contributed by atoms with E-state index in [0.717, 1.165) is 6.42 Å². The molecule has 0 saturated heterocycles. The third-order valence-electron chi connectivity index (χ3n) is 1.21. The van der Waals surface area contributed by atoms with Crippen molar-refractivity contribution in [2.75, 3.05) is 0 Å². The minimum absolute atomic E-state index is 0.589. The topological polar surface area (TPSA) is 46.5 Å². The van der Waals surface area contributed by atoms with Gasteiger partial charge < -0.3 is 9.84 Å². The van der Waals surface area contributed by atoms with Crippen LogP contribution in [0.3, 0.4) is 0 Å². The van der Waals surface area contributed by atoms with Gasteiger partial charge in [0.1, 0.15) is 0 Å². The van der Waals surface area contributed by atoms with Crippen LogP contribution in [0.4, 0.5) is 0 Å². The summed E-state index contributed by atoms with van der Waals surface area (Å²) < 4.78 is 4.76. The van der Waals surface area contributed by atoms with Crippen LogP contribution in [0.2, 0.25) is 0 Å². The molecule has 1 rings (SSSR count). The third-order valence-corrected chi connectivity index (χ3v) is 1.21. The molecule has 3 heteroatoms. The lowest BCUT2D eigenvalue weighted by Crippen LogP contribution is -2.23. The fourth-order valence-corrected chi connectivity index (χ4v) is 0.716. The number of rotatable bonds is 1.